The minimum Gasteiger partial charge on any atom is -0.478 e. The summed E-state index contributed by atoms with van der Waals surface area (Å²) in [6.07, 6.45) is 4.63. The van der Waals surface area contributed by atoms with E-state index in [4.69, 9.17) is 5.11 Å². The molecule has 0 aliphatic carbocycles. The van der Waals surface area contributed by atoms with Crippen LogP contribution >= 0.6 is 0 Å². The van der Waals surface area contributed by atoms with Gasteiger partial charge in [-0.1, -0.05) is 11.6 Å². The van der Waals surface area contributed by atoms with Crippen LogP contribution in [0.25, 0.3) is 0 Å². The van der Waals surface area contributed by atoms with Crippen molar-refractivity contribution < 1.29 is 9.90 Å². The van der Waals surface area contributed by atoms with Crippen LogP contribution in [0.1, 0.15) is 19.8 Å². The molecule has 0 aromatic rings. The molecule has 0 aromatic heterocycles. The normalized spacial score (nSPS) is 11.1. The number of hydrogen-bond donors (Lipinski definition) is 1. The molecule has 56 valence electrons. The van der Waals surface area contributed by atoms with Gasteiger partial charge in [0.15, 0.2) is 0 Å². The van der Waals surface area contributed by atoms with E-state index in [1.54, 1.807) is 13.0 Å². The maximum Gasteiger partial charge on any atom is 0.328 e. The van der Waals surface area contributed by atoms with E-state index < -0.39 is 5.97 Å². The summed E-state index contributed by atoms with van der Waals surface area (Å²) in [5.74, 6) is -0.874. The van der Waals surface area contributed by atoms with Gasteiger partial charge in [-0.15, -0.1) is 6.58 Å². The predicted octanol–water partition coefficient (Wildman–Crippen LogP) is 1.98. The molecule has 0 atom stereocenters. The van der Waals surface area contributed by atoms with Crippen molar-refractivity contribution in [2.75, 3.05) is 0 Å². The van der Waals surface area contributed by atoms with Crippen molar-refractivity contribution in [3.8, 4) is 0 Å². The number of hydrogen-bond acceptors (Lipinski definition) is 1. The van der Waals surface area contributed by atoms with E-state index in [1.807, 2.05) is 0 Å². The van der Waals surface area contributed by atoms with Crippen LogP contribution in [0.4, 0.5) is 0 Å². The van der Waals surface area contributed by atoms with E-state index in [-0.39, 0.29) is 0 Å². The number of aliphatic carboxylic acids is 1. The highest BCUT2D eigenvalue weighted by Gasteiger charge is 1.91. The Labute approximate surface area is 60.9 Å². The molecule has 1 N–H and O–H groups in total. The van der Waals surface area contributed by atoms with Gasteiger partial charge in [0, 0.05) is 6.08 Å². The third-order valence-electron chi connectivity index (χ3n) is 1.11. The molecule has 0 saturated carbocycles. The highest BCUT2D eigenvalue weighted by Crippen LogP contribution is 2.02. The maximum atomic E-state index is 10.1. The molecular weight excluding hydrogens is 128 g/mol. The molecule has 0 aromatic carbocycles. The fourth-order valence-corrected chi connectivity index (χ4v) is 0.613. The SMILES string of the molecule is C=CCCC(C)=CC(=O)O. The van der Waals surface area contributed by atoms with Gasteiger partial charge in [-0.2, -0.15) is 0 Å². The van der Waals surface area contributed by atoms with Crippen LogP contribution in [0.5, 0.6) is 0 Å². The average Bonchev–Trinajstić information content (AvgIpc) is 1.82. The molecule has 0 rings (SSSR count). The Morgan fingerprint density at radius 3 is 2.70 bits per heavy atom. The number of carboxylic acid groups (broad SMARTS) is 1. The second kappa shape index (κ2) is 4.79. The summed E-state index contributed by atoms with van der Waals surface area (Å²) in [7, 11) is 0. The standard InChI is InChI=1S/C8H12O2/c1-3-4-5-7(2)6-8(9)10/h3,6H,1,4-5H2,2H3,(H,9,10). The summed E-state index contributed by atoms with van der Waals surface area (Å²) in [4.78, 5) is 10.1. The van der Waals surface area contributed by atoms with Gasteiger partial charge in [0.2, 0.25) is 0 Å². The Morgan fingerprint density at radius 2 is 2.30 bits per heavy atom. The van der Waals surface area contributed by atoms with E-state index in [0.717, 1.165) is 18.4 Å². The van der Waals surface area contributed by atoms with Crippen molar-refractivity contribution >= 4 is 5.97 Å². The Bertz CT molecular complexity index is 157. The second-order valence-corrected chi connectivity index (χ2v) is 2.16. The number of rotatable bonds is 4. The fraction of sp³-hybridized carbons (Fsp3) is 0.375. The summed E-state index contributed by atoms with van der Waals surface area (Å²) in [6.45, 7) is 5.34. The minimum absolute atomic E-state index is 0.787. The molecule has 0 amide bonds. The fourth-order valence-electron chi connectivity index (χ4n) is 0.613. The Balaban J connectivity index is 3.70. The second-order valence-electron chi connectivity index (χ2n) is 2.16. The van der Waals surface area contributed by atoms with E-state index in [9.17, 15) is 4.79 Å². The lowest BCUT2D eigenvalue weighted by Crippen LogP contribution is -1.89. The summed E-state index contributed by atoms with van der Waals surface area (Å²) in [5.41, 5.74) is 0.882. The van der Waals surface area contributed by atoms with Crippen molar-refractivity contribution in [2.24, 2.45) is 0 Å². The lowest BCUT2D eigenvalue weighted by atomic mass is 10.1. The largest absolute Gasteiger partial charge is 0.478 e. The van der Waals surface area contributed by atoms with Gasteiger partial charge in [-0.25, -0.2) is 4.79 Å². The molecule has 0 aliphatic heterocycles. The zero-order valence-electron chi connectivity index (χ0n) is 6.13. The van der Waals surface area contributed by atoms with Gasteiger partial charge < -0.3 is 5.11 Å². The molecule has 0 radical (unpaired) electrons. The predicted molar refractivity (Wildman–Crippen MR) is 40.8 cm³/mol. The first kappa shape index (κ1) is 8.95. The van der Waals surface area contributed by atoms with Gasteiger partial charge in [0.05, 0.1) is 0 Å². The zero-order chi connectivity index (χ0) is 7.98. The van der Waals surface area contributed by atoms with Crippen molar-refractivity contribution in [3.63, 3.8) is 0 Å². The van der Waals surface area contributed by atoms with Crippen molar-refractivity contribution in [1.29, 1.82) is 0 Å². The van der Waals surface area contributed by atoms with Crippen LogP contribution in [0.3, 0.4) is 0 Å². The first-order chi connectivity index (χ1) is 4.66. The zero-order valence-corrected chi connectivity index (χ0v) is 6.13. The number of allylic oxidation sites excluding steroid dienone is 2. The Kier molecular flexibility index (Phi) is 4.29. The molecule has 10 heavy (non-hydrogen) atoms. The van der Waals surface area contributed by atoms with Crippen LogP contribution in [-0.2, 0) is 4.79 Å². The molecular formula is C8H12O2. The van der Waals surface area contributed by atoms with Gasteiger partial charge in [-0.05, 0) is 19.8 Å². The first-order valence-corrected chi connectivity index (χ1v) is 3.18. The average molecular weight is 140 g/mol. The summed E-state index contributed by atoms with van der Waals surface area (Å²) >= 11 is 0. The molecule has 2 nitrogen and oxygen atoms in total. The quantitative estimate of drug-likeness (QED) is 0.479. The minimum atomic E-state index is -0.874. The molecule has 0 heterocycles. The van der Waals surface area contributed by atoms with Crippen molar-refractivity contribution in [3.05, 3.63) is 24.3 Å². The lowest BCUT2D eigenvalue weighted by Gasteiger charge is -1.93. The van der Waals surface area contributed by atoms with Crippen LogP contribution in [0.2, 0.25) is 0 Å². The smallest absolute Gasteiger partial charge is 0.328 e. The van der Waals surface area contributed by atoms with Gasteiger partial charge in [0.1, 0.15) is 0 Å². The molecule has 0 aliphatic rings. The maximum absolute atomic E-state index is 10.1. The number of carbonyl (C=O) groups is 1. The first-order valence-electron chi connectivity index (χ1n) is 3.18. The van der Waals surface area contributed by atoms with E-state index >= 15 is 0 Å². The topological polar surface area (TPSA) is 37.3 Å². The van der Waals surface area contributed by atoms with Crippen molar-refractivity contribution in [1.82, 2.24) is 0 Å². The third kappa shape index (κ3) is 5.09. The Hall–Kier alpha value is -1.05. The molecule has 0 spiro atoms. The van der Waals surface area contributed by atoms with Crippen LogP contribution in [0.15, 0.2) is 24.3 Å². The summed E-state index contributed by atoms with van der Waals surface area (Å²) in [6, 6.07) is 0. The molecule has 0 bridgehead atoms. The van der Waals surface area contributed by atoms with E-state index in [1.165, 1.54) is 6.08 Å². The lowest BCUT2D eigenvalue weighted by molar-refractivity contribution is -0.131. The van der Waals surface area contributed by atoms with Crippen LogP contribution in [-0.4, -0.2) is 11.1 Å². The van der Waals surface area contributed by atoms with E-state index in [0.29, 0.717) is 0 Å². The van der Waals surface area contributed by atoms with Crippen LogP contribution in [0, 0.1) is 0 Å². The highest BCUT2D eigenvalue weighted by atomic mass is 16.4. The third-order valence-corrected chi connectivity index (χ3v) is 1.11. The summed E-state index contributed by atoms with van der Waals surface area (Å²) < 4.78 is 0. The molecule has 0 fully saturated rings. The summed E-state index contributed by atoms with van der Waals surface area (Å²) in [5, 5.41) is 8.28. The van der Waals surface area contributed by atoms with Gasteiger partial charge in [0.25, 0.3) is 0 Å². The highest BCUT2D eigenvalue weighted by molar-refractivity contribution is 5.80. The van der Waals surface area contributed by atoms with Gasteiger partial charge in [-0.3, -0.25) is 0 Å². The van der Waals surface area contributed by atoms with Crippen molar-refractivity contribution in [2.45, 2.75) is 19.8 Å². The monoisotopic (exact) mass is 140 g/mol. The number of carboxylic acids is 1. The molecule has 2 heteroatoms. The molecule has 0 saturated heterocycles. The van der Waals surface area contributed by atoms with E-state index in [2.05, 4.69) is 6.58 Å². The van der Waals surface area contributed by atoms with Crippen LogP contribution < -0.4 is 0 Å². The van der Waals surface area contributed by atoms with Gasteiger partial charge >= 0.3 is 5.97 Å². The molecule has 0 unspecified atom stereocenters. The Morgan fingerprint density at radius 1 is 1.70 bits per heavy atom.